The predicted molar refractivity (Wildman–Crippen MR) is 58.0 cm³/mol. The van der Waals surface area contributed by atoms with E-state index in [-0.39, 0.29) is 19.0 Å². The molecule has 0 aliphatic heterocycles. The second kappa shape index (κ2) is 6.65. The van der Waals surface area contributed by atoms with Crippen LogP contribution in [0.15, 0.2) is 24.3 Å². The molecule has 1 aromatic carbocycles. The van der Waals surface area contributed by atoms with Crippen molar-refractivity contribution in [2.45, 2.75) is 6.54 Å². The second-order valence-corrected chi connectivity index (χ2v) is 3.06. The van der Waals surface area contributed by atoms with Crippen LogP contribution < -0.4 is 5.32 Å². The fourth-order valence-electron chi connectivity index (χ4n) is 0.916. The van der Waals surface area contributed by atoms with E-state index >= 15 is 0 Å². The Balaban J connectivity index is 0.00000169. The summed E-state index contributed by atoms with van der Waals surface area (Å²) in [6.07, 6.45) is 0. The van der Waals surface area contributed by atoms with Gasteiger partial charge in [0.1, 0.15) is 0 Å². The van der Waals surface area contributed by atoms with Gasteiger partial charge in [0.05, 0.1) is 6.54 Å². The Morgan fingerprint density at radius 3 is 2.43 bits per heavy atom. The van der Waals surface area contributed by atoms with Gasteiger partial charge in [-0.05, 0) is 17.7 Å². The van der Waals surface area contributed by atoms with Crippen molar-refractivity contribution >= 4 is 30.0 Å². The predicted octanol–water partition coefficient (Wildman–Crippen LogP) is 1.94. The number of hydrogen-bond acceptors (Lipinski definition) is 2. The van der Waals surface area contributed by atoms with Crippen LogP contribution in [0.2, 0.25) is 5.02 Å². The highest BCUT2D eigenvalue weighted by atomic mass is 35.5. The minimum Gasteiger partial charge on any atom is -0.480 e. The van der Waals surface area contributed by atoms with Gasteiger partial charge < -0.3 is 10.4 Å². The van der Waals surface area contributed by atoms with Gasteiger partial charge in [0.2, 0.25) is 0 Å². The molecule has 1 aromatic rings. The van der Waals surface area contributed by atoms with Crippen LogP contribution >= 0.6 is 24.0 Å². The lowest BCUT2D eigenvalue weighted by Gasteiger charge is -2.01. The van der Waals surface area contributed by atoms with E-state index in [4.69, 9.17) is 16.7 Å². The minimum absolute atomic E-state index is 0. The van der Waals surface area contributed by atoms with E-state index < -0.39 is 5.97 Å². The number of carboxylic acids is 1. The zero-order valence-electron chi connectivity index (χ0n) is 7.37. The Kier molecular flexibility index (Phi) is 6.28. The number of carbonyl (C=O) groups is 1. The van der Waals surface area contributed by atoms with E-state index in [0.29, 0.717) is 11.6 Å². The van der Waals surface area contributed by atoms with E-state index in [9.17, 15) is 4.79 Å². The molecule has 0 atom stereocenters. The fraction of sp³-hybridized carbons (Fsp3) is 0.222. The summed E-state index contributed by atoms with van der Waals surface area (Å²) in [7, 11) is 0. The molecule has 0 aliphatic carbocycles. The Hall–Kier alpha value is -0.770. The molecule has 2 N–H and O–H groups in total. The Labute approximate surface area is 93.5 Å². The summed E-state index contributed by atoms with van der Waals surface area (Å²) in [5, 5.41) is 11.8. The van der Waals surface area contributed by atoms with E-state index in [1.807, 2.05) is 12.1 Å². The zero-order valence-corrected chi connectivity index (χ0v) is 8.94. The molecule has 0 bridgehead atoms. The third kappa shape index (κ3) is 5.07. The molecule has 0 saturated carbocycles. The smallest absolute Gasteiger partial charge is 0.317 e. The van der Waals surface area contributed by atoms with E-state index in [0.717, 1.165) is 5.56 Å². The van der Waals surface area contributed by atoms with Gasteiger partial charge in [-0.15, -0.1) is 12.4 Å². The largest absolute Gasteiger partial charge is 0.480 e. The lowest BCUT2D eigenvalue weighted by molar-refractivity contribution is -0.135. The van der Waals surface area contributed by atoms with Gasteiger partial charge in [0, 0.05) is 11.6 Å². The second-order valence-electron chi connectivity index (χ2n) is 2.62. The van der Waals surface area contributed by atoms with Crippen LogP contribution in [0.1, 0.15) is 5.56 Å². The van der Waals surface area contributed by atoms with Crippen LogP contribution in [0.3, 0.4) is 0 Å². The topological polar surface area (TPSA) is 49.3 Å². The highest BCUT2D eigenvalue weighted by Gasteiger charge is 1.96. The van der Waals surface area contributed by atoms with Crippen LogP contribution in [-0.4, -0.2) is 17.6 Å². The van der Waals surface area contributed by atoms with Crippen molar-refractivity contribution in [1.29, 1.82) is 0 Å². The molecule has 0 unspecified atom stereocenters. The first-order chi connectivity index (χ1) is 6.18. The minimum atomic E-state index is -0.853. The Morgan fingerprint density at radius 2 is 1.93 bits per heavy atom. The molecule has 0 saturated heterocycles. The molecule has 0 radical (unpaired) electrons. The number of rotatable bonds is 4. The molecule has 0 aliphatic rings. The highest BCUT2D eigenvalue weighted by Crippen LogP contribution is 2.08. The average Bonchev–Trinajstić information content (AvgIpc) is 2.08. The molecule has 3 nitrogen and oxygen atoms in total. The molecule has 0 amide bonds. The number of halogens is 2. The van der Waals surface area contributed by atoms with Crippen molar-refractivity contribution in [3.8, 4) is 0 Å². The average molecular weight is 236 g/mol. The summed E-state index contributed by atoms with van der Waals surface area (Å²) in [6.45, 7) is 0.520. The normalized spacial score (nSPS) is 9.21. The quantitative estimate of drug-likeness (QED) is 0.839. The number of aliphatic carboxylic acids is 1. The molecule has 0 spiro atoms. The first-order valence-electron chi connectivity index (χ1n) is 3.85. The van der Waals surface area contributed by atoms with Crippen LogP contribution in [-0.2, 0) is 11.3 Å². The number of benzene rings is 1. The highest BCUT2D eigenvalue weighted by molar-refractivity contribution is 6.30. The van der Waals surface area contributed by atoms with Crippen molar-refractivity contribution in [1.82, 2.24) is 5.32 Å². The monoisotopic (exact) mass is 235 g/mol. The van der Waals surface area contributed by atoms with Crippen molar-refractivity contribution < 1.29 is 9.90 Å². The summed E-state index contributed by atoms with van der Waals surface area (Å²) >= 11 is 5.68. The van der Waals surface area contributed by atoms with Crippen molar-refractivity contribution in [2.24, 2.45) is 0 Å². The van der Waals surface area contributed by atoms with Gasteiger partial charge in [-0.3, -0.25) is 4.79 Å². The lowest BCUT2D eigenvalue weighted by Crippen LogP contribution is -2.21. The first-order valence-corrected chi connectivity index (χ1v) is 4.23. The van der Waals surface area contributed by atoms with Crippen molar-refractivity contribution in [3.63, 3.8) is 0 Å². The van der Waals surface area contributed by atoms with Crippen LogP contribution in [0, 0.1) is 0 Å². The summed E-state index contributed by atoms with van der Waals surface area (Å²) in [4.78, 5) is 10.2. The molecule has 0 aromatic heterocycles. The zero-order chi connectivity index (χ0) is 9.68. The van der Waals surface area contributed by atoms with Crippen LogP contribution in [0.4, 0.5) is 0 Å². The molecule has 1 rings (SSSR count). The summed E-state index contributed by atoms with van der Waals surface area (Å²) in [5.41, 5.74) is 1.02. The Bertz CT molecular complexity index is 287. The summed E-state index contributed by atoms with van der Waals surface area (Å²) in [5.74, 6) is -0.853. The molecule has 0 fully saturated rings. The Morgan fingerprint density at radius 1 is 1.36 bits per heavy atom. The standard InChI is InChI=1S/C9H10ClNO2.ClH/c10-8-3-1-7(2-4-8)5-11-6-9(12)13;/h1-4,11H,5-6H2,(H,12,13);1H. The number of nitrogens with one attached hydrogen (secondary N) is 1. The van der Waals surface area contributed by atoms with Gasteiger partial charge in [0.15, 0.2) is 0 Å². The maximum atomic E-state index is 10.2. The molecule has 0 heterocycles. The van der Waals surface area contributed by atoms with Gasteiger partial charge in [-0.25, -0.2) is 0 Å². The van der Waals surface area contributed by atoms with Crippen molar-refractivity contribution in [2.75, 3.05) is 6.54 Å². The third-order valence-corrected chi connectivity index (χ3v) is 1.77. The van der Waals surface area contributed by atoms with E-state index in [1.54, 1.807) is 12.1 Å². The number of hydrogen-bond donors (Lipinski definition) is 2. The third-order valence-electron chi connectivity index (χ3n) is 1.52. The summed E-state index contributed by atoms with van der Waals surface area (Å²) < 4.78 is 0. The number of carboxylic acid groups (broad SMARTS) is 1. The van der Waals surface area contributed by atoms with E-state index in [1.165, 1.54) is 0 Å². The lowest BCUT2D eigenvalue weighted by atomic mass is 10.2. The van der Waals surface area contributed by atoms with Gasteiger partial charge in [-0.2, -0.15) is 0 Å². The molecular weight excluding hydrogens is 225 g/mol. The van der Waals surface area contributed by atoms with Gasteiger partial charge >= 0.3 is 5.97 Å². The maximum absolute atomic E-state index is 10.2. The molecule has 5 heteroatoms. The fourth-order valence-corrected chi connectivity index (χ4v) is 1.04. The SMILES string of the molecule is Cl.O=C(O)CNCc1ccc(Cl)cc1. The molecule has 78 valence electrons. The van der Waals surface area contributed by atoms with E-state index in [2.05, 4.69) is 5.32 Å². The molecule has 14 heavy (non-hydrogen) atoms. The first kappa shape index (κ1) is 13.2. The van der Waals surface area contributed by atoms with Gasteiger partial charge in [0.25, 0.3) is 0 Å². The van der Waals surface area contributed by atoms with Gasteiger partial charge in [-0.1, -0.05) is 23.7 Å². The van der Waals surface area contributed by atoms with Crippen LogP contribution in [0.5, 0.6) is 0 Å². The summed E-state index contributed by atoms with van der Waals surface area (Å²) in [6, 6.07) is 7.27. The van der Waals surface area contributed by atoms with Crippen molar-refractivity contribution in [3.05, 3.63) is 34.9 Å². The van der Waals surface area contributed by atoms with Crippen LogP contribution in [0.25, 0.3) is 0 Å². The maximum Gasteiger partial charge on any atom is 0.317 e. The molecular formula is C9H11Cl2NO2.